The molecule has 0 heterocycles. The van der Waals surface area contributed by atoms with Gasteiger partial charge in [-0.15, -0.1) is 4.48 Å². The molecule has 0 unspecified atom stereocenters. The second kappa shape index (κ2) is 5.75. The van der Waals surface area contributed by atoms with Gasteiger partial charge < -0.3 is 14.9 Å². The van der Waals surface area contributed by atoms with Gasteiger partial charge in [0.2, 0.25) is 0 Å². The highest BCUT2D eigenvalue weighted by Gasteiger charge is 2.48. The summed E-state index contributed by atoms with van der Waals surface area (Å²) in [6, 6.07) is 7.37. The van der Waals surface area contributed by atoms with E-state index in [4.69, 9.17) is 14.9 Å². The maximum atomic E-state index is 14.1. The molecule has 0 spiro atoms. The fraction of sp³-hybridized carbons (Fsp3) is 0.300. The number of aliphatic carboxylic acids is 1. The number of carbonyl (C=O) groups is 1. The summed E-state index contributed by atoms with van der Waals surface area (Å²) < 4.78 is 38.2. The Hall–Kier alpha value is -1.34. The molecular weight excluding hydrogens is 283 g/mol. The summed E-state index contributed by atoms with van der Waals surface area (Å²) in [4.78, 5) is 28.0. The van der Waals surface area contributed by atoms with Crippen molar-refractivity contribution in [2.45, 2.75) is 12.2 Å². The first kappa shape index (κ1) is 15.7. The molecule has 106 valence electrons. The summed E-state index contributed by atoms with van der Waals surface area (Å²) in [7, 11) is -4.92. The van der Waals surface area contributed by atoms with Crippen molar-refractivity contribution in [2.24, 2.45) is 0 Å². The topological polar surface area (TPSA) is 98.1 Å². The zero-order valence-electron chi connectivity index (χ0n) is 9.61. The Labute approximate surface area is 107 Å². The van der Waals surface area contributed by atoms with Crippen LogP contribution in [-0.4, -0.2) is 38.1 Å². The molecule has 9 heteroatoms. The highest BCUT2D eigenvalue weighted by molar-refractivity contribution is 7.51. The van der Waals surface area contributed by atoms with Crippen LogP contribution in [0.4, 0.5) is 8.87 Å². The van der Waals surface area contributed by atoms with Crippen molar-refractivity contribution in [3.8, 4) is 0 Å². The number of benzene rings is 1. The SMILES string of the molecule is O=C(O)[C@](F)(Cc1ccccc1)N(F)CP(=O)(O)O. The van der Waals surface area contributed by atoms with Gasteiger partial charge in [-0.05, 0) is 5.56 Å². The third-order valence-electron chi connectivity index (χ3n) is 2.30. The first-order valence-corrected chi connectivity index (χ1v) is 6.89. The molecule has 6 nitrogen and oxygen atoms in total. The molecule has 0 bridgehead atoms. The van der Waals surface area contributed by atoms with Gasteiger partial charge in [0.25, 0.3) is 5.79 Å². The van der Waals surface area contributed by atoms with Gasteiger partial charge in [-0.1, -0.05) is 35.5 Å². The smallest absolute Gasteiger partial charge is 0.359 e. The van der Waals surface area contributed by atoms with E-state index < -0.39 is 37.2 Å². The van der Waals surface area contributed by atoms with E-state index in [9.17, 15) is 18.2 Å². The maximum Gasteiger partial charge on any atom is 0.359 e. The molecule has 0 saturated heterocycles. The third kappa shape index (κ3) is 4.36. The second-order valence-electron chi connectivity index (χ2n) is 3.90. The van der Waals surface area contributed by atoms with Gasteiger partial charge in [0.1, 0.15) is 6.29 Å². The van der Waals surface area contributed by atoms with Gasteiger partial charge >= 0.3 is 13.6 Å². The lowest BCUT2D eigenvalue weighted by atomic mass is 10.0. The van der Waals surface area contributed by atoms with Crippen molar-refractivity contribution in [2.75, 3.05) is 6.29 Å². The number of carboxylic acid groups (broad SMARTS) is 1. The predicted octanol–water partition coefficient (Wildman–Crippen LogP) is 1.30. The number of nitrogens with zero attached hydrogens (tertiary/aromatic N) is 1. The van der Waals surface area contributed by atoms with Crippen LogP contribution in [0.1, 0.15) is 5.56 Å². The quantitative estimate of drug-likeness (QED) is 0.416. The summed E-state index contributed by atoms with van der Waals surface area (Å²) >= 11 is 0. The van der Waals surface area contributed by atoms with E-state index in [1.165, 1.54) is 24.3 Å². The zero-order valence-corrected chi connectivity index (χ0v) is 10.5. The summed E-state index contributed by atoms with van der Waals surface area (Å²) in [5, 5.41) is 7.77. The Morgan fingerprint density at radius 3 is 2.26 bits per heavy atom. The Morgan fingerprint density at radius 2 is 1.84 bits per heavy atom. The molecule has 19 heavy (non-hydrogen) atoms. The van der Waals surface area contributed by atoms with Crippen LogP contribution in [0.3, 0.4) is 0 Å². The monoisotopic (exact) mass is 295 g/mol. The fourth-order valence-electron chi connectivity index (χ4n) is 1.41. The van der Waals surface area contributed by atoms with Crippen molar-refractivity contribution in [1.82, 2.24) is 5.12 Å². The molecular formula is C10H12F2NO5P. The average molecular weight is 295 g/mol. The minimum Gasteiger partial charge on any atom is -0.478 e. The lowest BCUT2D eigenvalue weighted by Gasteiger charge is -2.26. The van der Waals surface area contributed by atoms with Gasteiger partial charge in [-0.2, -0.15) is 0 Å². The summed E-state index contributed by atoms with van der Waals surface area (Å²) in [5.41, 5.74) is 0.181. The summed E-state index contributed by atoms with van der Waals surface area (Å²) in [5.74, 6) is -5.70. The van der Waals surface area contributed by atoms with Crippen LogP contribution in [-0.2, 0) is 15.8 Å². The molecule has 1 aromatic rings. The van der Waals surface area contributed by atoms with Gasteiger partial charge in [-0.25, -0.2) is 9.18 Å². The minimum absolute atomic E-state index is 0.181. The fourth-order valence-corrected chi connectivity index (χ4v) is 1.95. The number of hydrogen-bond acceptors (Lipinski definition) is 3. The molecule has 0 fully saturated rings. The number of halogens is 2. The molecule has 3 N–H and O–H groups in total. The van der Waals surface area contributed by atoms with Crippen molar-refractivity contribution < 1.29 is 33.1 Å². The zero-order chi connectivity index (χ0) is 14.7. The number of carboxylic acids is 1. The number of alkyl halides is 1. The van der Waals surface area contributed by atoms with E-state index in [-0.39, 0.29) is 5.56 Å². The number of hydrogen-bond donors (Lipinski definition) is 3. The first-order chi connectivity index (χ1) is 8.65. The Bertz CT molecular complexity index is 494. The standard InChI is InChI=1S/C10H12F2NO5P/c11-10(9(14)15,13(12)7-19(16,17)18)6-8-4-2-1-3-5-8/h1-5H,6-7H2,(H,14,15)(H2,16,17,18)/t10-/m0/s1. The van der Waals surface area contributed by atoms with Crippen LogP contribution in [0, 0.1) is 0 Å². The van der Waals surface area contributed by atoms with Crippen LogP contribution in [0.2, 0.25) is 0 Å². The van der Waals surface area contributed by atoms with Gasteiger partial charge in [0.05, 0.1) is 0 Å². The molecule has 0 aliphatic carbocycles. The summed E-state index contributed by atoms with van der Waals surface area (Å²) in [6.07, 6.45) is -2.51. The Balaban J connectivity index is 2.97. The van der Waals surface area contributed by atoms with E-state index in [1.54, 1.807) is 6.07 Å². The van der Waals surface area contributed by atoms with Gasteiger partial charge in [0, 0.05) is 6.42 Å². The van der Waals surface area contributed by atoms with Crippen molar-refractivity contribution >= 4 is 13.6 Å². The van der Waals surface area contributed by atoms with E-state index in [0.717, 1.165) is 0 Å². The molecule has 1 rings (SSSR count). The van der Waals surface area contributed by atoms with Crippen LogP contribution in [0.15, 0.2) is 30.3 Å². The predicted molar refractivity (Wildman–Crippen MR) is 61.5 cm³/mol. The van der Waals surface area contributed by atoms with E-state index in [1.807, 2.05) is 0 Å². The molecule has 0 saturated carbocycles. The van der Waals surface area contributed by atoms with Crippen molar-refractivity contribution in [3.05, 3.63) is 35.9 Å². The summed E-state index contributed by atoms with van der Waals surface area (Å²) in [6.45, 7) is 0. The van der Waals surface area contributed by atoms with Crippen LogP contribution in [0.5, 0.6) is 0 Å². The normalized spacial score (nSPS) is 15.2. The maximum absolute atomic E-state index is 14.1. The van der Waals surface area contributed by atoms with Crippen LogP contribution in [0.25, 0.3) is 0 Å². The lowest BCUT2D eigenvalue weighted by Crippen LogP contribution is -2.49. The largest absolute Gasteiger partial charge is 0.478 e. The van der Waals surface area contributed by atoms with Gasteiger partial charge in [-0.3, -0.25) is 4.57 Å². The van der Waals surface area contributed by atoms with E-state index in [2.05, 4.69) is 0 Å². The molecule has 1 aromatic carbocycles. The average Bonchev–Trinajstić information content (AvgIpc) is 2.27. The first-order valence-electron chi connectivity index (χ1n) is 5.09. The van der Waals surface area contributed by atoms with Crippen LogP contribution >= 0.6 is 7.60 Å². The van der Waals surface area contributed by atoms with Gasteiger partial charge in [0.15, 0.2) is 0 Å². The highest BCUT2D eigenvalue weighted by atomic mass is 31.2. The molecule has 0 radical (unpaired) electrons. The van der Waals surface area contributed by atoms with Crippen molar-refractivity contribution in [3.63, 3.8) is 0 Å². The molecule has 1 atom stereocenters. The van der Waals surface area contributed by atoms with Crippen molar-refractivity contribution in [1.29, 1.82) is 0 Å². The van der Waals surface area contributed by atoms with E-state index >= 15 is 0 Å². The van der Waals surface area contributed by atoms with E-state index in [0.29, 0.717) is 0 Å². The lowest BCUT2D eigenvalue weighted by molar-refractivity contribution is -0.192. The third-order valence-corrected chi connectivity index (χ3v) is 2.92. The molecule has 0 aliphatic rings. The highest BCUT2D eigenvalue weighted by Crippen LogP contribution is 2.39. The van der Waals surface area contributed by atoms with Crippen LogP contribution < -0.4 is 0 Å². The number of rotatable bonds is 6. The molecule has 0 aromatic heterocycles. The minimum atomic E-state index is -4.92. The molecule has 0 aliphatic heterocycles. The second-order valence-corrected chi connectivity index (χ2v) is 5.51. The molecule has 0 amide bonds. The Kier molecular flexibility index (Phi) is 4.75. The Morgan fingerprint density at radius 1 is 1.32 bits per heavy atom.